The average molecular weight is 377 g/mol. The van der Waals surface area contributed by atoms with E-state index in [1.54, 1.807) is 24.3 Å². The molecule has 0 bridgehead atoms. The van der Waals surface area contributed by atoms with Crippen molar-refractivity contribution < 1.29 is 14.3 Å². The second-order valence-corrected chi connectivity index (χ2v) is 6.11. The molecule has 0 fully saturated rings. The molecule has 7 nitrogen and oxygen atoms in total. The Labute approximate surface area is 159 Å². The van der Waals surface area contributed by atoms with Gasteiger partial charge in [0.05, 0.1) is 6.20 Å². The monoisotopic (exact) mass is 377 g/mol. The second kappa shape index (κ2) is 7.36. The van der Waals surface area contributed by atoms with Gasteiger partial charge in [-0.3, -0.25) is 4.79 Å². The van der Waals surface area contributed by atoms with Gasteiger partial charge in [0.25, 0.3) is 5.91 Å². The minimum Gasteiger partial charge on any atom is -0.508 e. The Balaban J connectivity index is 1.51. The highest BCUT2D eigenvalue weighted by molar-refractivity contribution is 6.04. The van der Waals surface area contributed by atoms with E-state index in [9.17, 15) is 14.3 Å². The Hall–Kier alpha value is -3.94. The number of hydrogen-bond acceptors (Lipinski definition) is 5. The van der Waals surface area contributed by atoms with E-state index in [1.807, 2.05) is 0 Å². The van der Waals surface area contributed by atoms with Gasteiger partial charge in [0.1, 0.15) is 17.4 Å². The molecule has 3 N–H and O–H groups in total. The number of phenolic OH excluding ortho intramolecular Hbond substituents is 1. The van der Waals surface area contributed by atoms with Crippen LogP contribution in [0.5, 0.6) is 5.75 Å². The van der Waals surface area contributed by atoms with Crippen molar-refractivity contribution in [2.75, 3.05) is 10.6 Å². The van der Waals surface area contributed by atoms with Crippen LogP contribution in [0.3, 0.4) is 0 Å². The number of carbonyl (C=O) groups excluding carboxylic acids is 1. The summed E-state index contributed by atoms with van der Waals surface area (Å²) in [7, 11) is 0. The lowest BCUT2D eigenvalue weighted by Gasteiger charge is -2.08. The number of fused-ring (bicyclic) bond motifs is 1. The molecular weight excluding hydrogens is 361 g/mol. The molecule has 8 heteroatoms. The number of benzene rings is 2. The normalized spacial score (nSPS) is 10.8. The number of halogens is 1. The largest absolute Gasteiger partial charge is 0.508 e. The van der Waals surface area contributed by atoms with Crippen LogP contribution in [0.4, 0.5) is 16.0 Å². The molecule has 140 valence electrons. The van der Waals surface area contributed by atoms with Gasteiger partial charge in [-0.2, -0.15) is 4.52 Å². The predicted octanol–water partition coefficient (Wildman–Crippen LogP) is 3.44. The number of hydrogen-bond donors (Lipinski definition) is 3. The van der Waals surface area contributed by atoms with E-state index in [0.29, 0.717) is 29.4 Å². The van der Waals surface area contributed by atoms with E-state index in [2.05, 4.69) is 20.7 Å². The lowest BCUT2D eigenvalue weighted by molar-refractivity contribution is 0.102. The Kier molecular flexibility index (Phi) is 4.59. The zero-order valence-corrected chi connectivity index (χ0v) is 14.6. The van der Waals surface area contributed by atoms with Gasteiger partial charge in [0.15, 0.2) is 11.5 Å². The number of phenols is 1. The van der Waals surface area contributed by atoms with E-state index in [0.717, 1.165) is 5.56 Å². The smallest absolute Gasteiger partial charge is 0.256 e. The summed E-state index contributed by atoms with van der Waals surface area (Å²) in [5, 5.41) is 19.7. The van der Waals surface area contributed by atoms with Crippen molar-refractivity contribution in [3.63, 3.8) is 0 Å². The molecule has 28 heavy (non-hydrogen) atoms. The van der Waals surface area contributed by atoms with Crippen LogP contribution in [0.25, 0.3) is 5.65 Å². The summed E-state index contributed by atoms with van der Waals surface area (Å²) in [6.45, 7) is 0.475. The first-order chi connectivity index (χ1) is 13.6. The van der Waals surface area contributed by atoms with Crippen molar-refractivity contribution in [2.45, 2.75) is 6.54 Å². The number of nitrogens with zero attached hydrogens (tertiary/aromatic N) is 3. The molecule has 0 radical (unpaired) electrons. The summed E-state index contributed by atoms with van der Waals surface area (Å²) in [6, 6.07) is 15.7. The maximum absolute atomic E-state index is 13.0. The minimum atomic E-state index is -0.340. The van der Waals surface area contributed by atoms with Crippen LogP contribution >= 0.6 is 0 Å². The molecule has 0 spiro atoms. The molecule has 2 heterocycles. The number of amides is 1. The van der Waals surface area contributed by atoms with Crippen LogP contribution in [0, 0.1) is 5.82 Å². The van der Waals surface area contributed by atoms with Crippen LogP contribution < -0.4 is 10.6 Å². The molecule has 2 aromatic heterocycles. The molecule has 4 rings (SSSR count). The van der Waals surface area contributed by atoms with Crippen molar-refractivity contribution in [2.24, 2.45) is 0 Å². The van der Waals surface area contributed by atoms with Crippen molar-refractivity contribution in [3.8, 4) is 5.75 Å². The van der Waals surface area contributed by atoms with E-state index < -0.39 is 0 Å². The van der Waals surface area contributed by atoms with Crippen molar-refractivity contribution >= 4 is 23.2 Å². The lowest BCUT2D eigenvalue weighted by Crippen LogP contribution is -2.14. The fourth-order valence-electron chi connectivity index (χ4n) is 2.65. The summed E-state index contributed by atoms with van der Waals surface area (Å²) in [4.78, 5) is 16.6. The maximum atomic E-state index is 13.0. The van der Waals surface area contributed by atoms with Gasteiger partial charge in [0, 0.05) is 12.1 Å². The number of aromatic hydroxyl groups is 1. The number of carbonyl (C=O) groups is 1. The molecule has 0 atom stereocenters. The van der Waals surface area contributed by atoms with Gasteiger partial charge >= 0.3 is 0 Å². The van der Waals surface area contributed by atoms with Crippen molar-refractivity contribution in [1.29, 1.82) is 0 Å². The quantitative estimate of drug-likeness (QED) is 0.496. The Morgan fingerprint density at radius 1 is 1.04 bits per heavy atom. The standard InChI is InChI=1S/C20H16FN5O2/c21-15-5-1-13(2-6-15)11-22-17-9-10-18-23-12-19(26(18)25-17)24-20(28)14-3-7-16(27)8-4-14/h1-10,12,27H,11H2,(H,22,25)(H,24,28). The topological polar surface area (TPSA) is 91.5 Å². The molecule has 0 saturated heterocycles. The molecule has 0 aliphatic rings. The number of imidazole rings is 1. The predicted molar refractivity (Wildman–Crippen MR) is 103 cm³/mol. The molecule has 1 amide bonds. The summed E-state index contributed by atoms with van der Waals surface area (Å²) >= 11 is 0. The maximum Gasteiger partial charge on any atom is 0.256 e. The Morgan fingerprint density at radius 2 is 1.79 bits per heavy atom. The van der Waals surface area contributed by atoms with Crippen LogP contribution in [0.2, 0.25) is 0 Å². The number of nitrogens with one attached hydrogen (secondary N) is 2. The van der Waals surface area contributed by atoms with Crippen LogP contribution in [0.1, 0.15) is 15.9 Å². The van der Waals surface area contributed by atoms with E-state index in [1.165, 1.54) is 47.1 Å². The summed E-state index contributed by atoms with van der Waals surface area (Å²) < 4.78 is 14.5. The van der Waals surface area contributed by atoms with Gasteiger partial charge < -0.3 is 15.7 Å². The third kappa shape index (κ3) is 3.75. The Morgan fingerprint density at radius 3 is 2.54 bits per heavy atom. The zero-order chi connectivity index (χ0) is 19.5. The van der Waals surface area contributed by atoms with Gasteiger partial charge in [-0.1, -0.05) is 12.1 Å². The van der Waals surface area contributed by atoms with Crippen LogP contribution in [-0.4, -0.2) is 25.6 Å². The SMILES string of the molecule is O=C(Nc1cnc2ccc(NCc3ccc(F)cc3)nn12)c1ccc(O)cc1. The first-order valence-electron chi connectivity index (χ1n) is 8.52. The first kappa shape index (κ1) is 17.5. The first-order valence-corrected chi connectivity index (χ1v) is 8.52. The molecule has 0 saturated carbocycles. The zero-order valence-electron chi connectivity index (χ0n) is 14.6. The number of aromatic nitrogens is 3. The average Bonchev–Trinajstić information content (AvgIpc) is 3.10. The van der Waals surface area contributed by atoms with Crippen molar-refractivity contribution in [3.05, 3.63) is 83.8 Å². The number of anilines is 2. The minimum absolute atomic E-state index is 0.0879. The molecule has 4 aromatic rings. The summed E-state index contributed by atoms with van der Waals surface area (Å²) in [5.74, 6) is 0.461. The van der Waals surface area contributed by atoms with Gasteiger partial charge in [-0.15, -0.1) is 5.10 Å². The highest BCUT2D eigenvalue weighted by Crippen LogP contribution is 2.16. The van der Waals surface area contributed by atoms with E-state index in [-0.39, 0.29) is 17.5 Å². The van der Waals surface area contributed by atoms with Crippen LogP contribution in [0.15, 0.2) is 66.9 Å². The van der Waals surface area contributed by atoms with Crippen molar-refractivity contribution in [1.82, 2.24) is 14.6 Å². The molecule has 0 unspecified atom stereocenters. The Bertz CT molecular complexity index is 1120. The van der Waals surface area contributed by atoms with Crippen LogP contribution in [-0.2, 0) is 6.54 Å². The lowest BCUT2D eigenvalue weighted by atomic mass is 10.2. The molecule has 0 aliphatic carbocycles. The molecule has 2 aromatic carbocycles. The molecule has 0 aliphatic heterocycles. The third-order valence-corrected chi connectivity index (χ3v) is 4.12. The second-order valence-electron chi connectivity index (χ2n) is 6.11. The highest BCUT2D eigenvalue weighted by Gasteiger charge is 2.11. The summed E-state index contributed by atoms with van der Waals surface area (Å²) in [6.07, 6.45) is 1.52. The molecular formula is C20H16FN5O2. The fraction of sp³-hybridized carbons (Fsp3) is 0.0500. The highest BCUT2D eigenvalue weighted by atomic mass is 19.1. The summed E-state index contributed by atoms with van der Waals surface area (Å²) in [5.41, 5.74) is 1.89. The van der Waals surface area contributed by atoms with Gasteiger partial charge in [0.2, 0.25) is 0 Å². The third-order valence-electron chi connectivity index (χ3n) is 4.12. The number of rotatable bonds is 5. The van der Waals surface area contributed by atoms with Gasteiger partial charge in [-0.05, 0) is 54.1 Å². The van der Waals surface area contributed by atoms with Gasteiger partial charge in [-0.25, -0.2) is 9.37 Å². The van der Waals surface area contributed by atoms with E-state index >= 15 is 0 Å². The fourth-order valence-corrected chi connectivity index (χ4v) is 2.65. The van der Waals surface area contributed by atoms with E-state index in [4.69, 9.17) is 0 Å².